The second kappa shape index (κ2) is 5.03. The molecule has 2 unspecified atom stereocenters. The lowest BCUT2D eigenvalue weighted by molar-refractivity contribution is -0.128. The fourth-order valence-corrected chi connectivity index (χ4v) is 7.40. The highest BCUT2D eigenvalue weighted by atomic mass is 32.2. The maximum absolute atomic E-state index is 12.9. The van der Waals surface area contributed by atoms with Crippen LogP contribution in [0.15, 0.2) is 0 Å². The van der Waals surface area contributed by atoms with Gasteiger partial charge in [-0.25, -0.2) is 13.2 Å². The van der Waals surface area contributed by atoms with Crippen molar-refractivity contribution in [2.45, 2.75) is 39.2 Å². The molecule has 8 nitrogen and oxygen atoms in total. The first-order chi connectivity index (χ1) is 11.6. The number of carbonyl (C=O) groups excluding carboxylic acids is 3. The second-order valence-corrected chi connectivity index (χ2v) is 10.3. The lowest BCUT2D eigenvalue weighted by Gasteiger charge is -2.44. The van der Waals surface area contributed by atoms with Gasteiger partial charge in [0.25, 0.3) is 0 Å². The van der Waals surface area contributed by atoms with Crippen molar-refractivity contribution in [2.24, 2.45) is 16.7 Å². The van der Waals surface area contributed by atoms with Crippen molar-refractivity contribution in [3.63, 3.8) is 0 Å². The van der Waals surface area contributed by atoms with Gasteiger partial charge in [0.15, 0.2) is 0 Å². The van der Waals surface area contributed by atoms with E-state index in [-0.39, 0.29) is 48.4 Å². The van der Waals surface area contributed by atoms with E-state index in [0.717, 1.165) is 11.3 Å². The molecule has 4 fully saturated rings. The molecular weight excluding hydrogens is 346 g/mol. The second-order valence-electron chi connectivity index (χ2n) is 8.32. The highest BCUT2D eigenvalue weighted by molar-refractivity contribution is 7.89. The molecule has 2 atom stereocenters. The normalized spacial score (nSPS) is 35.4. The number of carbonyl (C=O) groups is 3. The van der Waals surface area contributed by atoms with Gasteiger partial charge >= 0.3 is 6.03 Å². The number of rotatable bonds is 4. The van der Waals surface area contributed by atoms with Crippen LogP contribution in [0.25, 0.3) is 0 Å². The largest absolute Gasteiger partial charge is 0.329 e. The van der Waals surface area contributed by atoms with Crippen LogP contribution in [-0.2, 0) is 19.6 Å². The Hall–Kier alpha value is -1.48. The van der Waals surface area contributed by atoms with Gasteiger partial charge in [-0.15, -0.1) is 0 Å². The lowest BCUT2D eigenvalue weighted by Crippen LogP contribution is -2.63. The molecular formula is C16H23N3O5S. The summed E-state index contributed by atoms with van der Waals surface area (Å²) in [6.45, 7) is 4.23. The quantitative estimate of drug-likeness (QED) is 0.700. The summed E-state index contributed by atoms with van der Waals surface area (Å²) in [4.78, 5) is 37.0. The van der Waals surface area contributed by atoms with E-state index in [4.69, 9.17) is 0 Å². The van der Waals surface area contributed by atoms with E-state index in [1.165, 1.54) is 4.31 Å². The highest BCUT2D eigenvalue weighted by Gasteiger charge is 2.66. The Morgan fingerprint density at radius 1 is 1.20 bits per heavy atom. The number of imide groups is 1. The molecule has 0 spiro atoms. The minimum atomic E-state index is -3.61. The van der Waals surface area contributed by atoms with E-state index in [9.17, 15) is 22.8 Å². The zero-order valence-corrected chi connectivity index (χ0v) is 15.3. The molecule has 0 radical (unpaired) electrons. The number of sulfonamides is 1. The van der Waals surface area contributed by atoms with Crippen LogP contribution in [-0.4, -0.2) is 66.8 Å². The van der Waals surface area contributed by atoms with Gasteiger partial charge in [0.05, 0.1) is 18.3 Å². The zero-order chi connectivity index (χ0) is 18.2. The van der Waals surface area contributed by atoms with Crippen LogP contribution < -0.4 is 5.32 Å². The molecule has 0 aromatic rings. The van der Waals surface area contributed by atoms with Gasteiger partial charge < -0.3 is 5.32 Å². The number of amides is 3. The van der Waals surface area contributed by atoms with Crippen LogP contribution in [0, 0.1) is 16.7 Å². The van der Waals surface area contributed by atoms with Gasteiger partial charge in [0.1, 0.15) is 5.78 Å². The number of fused-ring (bicyclic) bond motifs is 2. The molecule has 1 N–H and O–H groups in total. The fourth-order valence-electron chi connectivity index (χ4n) is 5.12. The minimum Gasteiger partial charge on any atom is -0.329 e. The van der Waals surface area contributed by atoms with Gasteiger partial charge in [-0.3, -0.25) is 14.5 Å². The number of hydrogen-bond acceptors (Lipinski definition) is 5. The van der Waals surface area contributed by atoms with E-state index < -0.39 is 27.5 Å². The van der Waals surface area contributed by atoms with Crippen molar-refractivity contribution < 1.29 is 22.8 Å². The highest BCUT2D eigenvalue weighted by Crippen LogP contribution is 2.64. The molecule has 0 aromatic carbocycles. The summed E-state index contributed by atoms with van der Waals surface area (Å²) in [5.74, 6) is -0.139. The van der Waals surface area contributed by atoms with E-state index in [1.807, 2.05) is 13.8 Å². The Balaban J connectivity index is 1.48. The molecule has 0 aromatic heterocycles. The van der Waals surface area contributed by atoms with Gasteiger partial charge in [0, 0.05) is 24.9 Å². The lowest BCUT2D eigenvalue weighted by atomic mass is 9.70. The van der Waals surface area contributed by atoms with E-state index >= 15 is 0 Å². The van der Waals surface area contributed by atoms with E-state index in [2.05, 4.69) is 5.32 Å². The molecule has 2 aliphatic carbocycles. The summed E-state index contributed by atoms with van der Waals surface area (Å²) in [6.07, 6.45) is 2.01. The average molecular weight is 369 g/mol. The number of Topliss-reactive ketones (excluding diaryl/α,β-unsaturated/α-hetero) is 1. The summed E-state index contributed by atoms with van der Waals surface area (Å²) >= 11 is 0. The van der Waals surface area contributed by atoms with Crippen molar-refractivity contribution >= 4 is 27.7 Å². The topological polar surface area (TPSA) is 104 Å². The molecule has 25 heavy (non-hydrogen) atoms. The van der Waals surface area contributed by atoms with Gasteiger partial charge in [-0.05, 0) is 24.2 Å². The predicted octanol–water partition coefficient (Wildman–Crippen LogP) is -0.0524. The SMILES string of the molecule is CC1(C)C2CCC1(CS(=O)(=O)N1CC(N3C(=O)CNC3=O)C1)C(=O)C2. The zero-order valence-electron chi connectivity index (χ0n) is 14.4. The van der Waals surface area contributed by atoms with Crippen molar-refractivity contribution in [2.75, 3.05) is 25.4 Å². The Kier molecular flexibility index (Phi) is 3.41. The summed E-state index contributed by atoms with van der Waals surface area (Å²) in [7, 11) is -3.61. The number of nitrogens with one attached hydrogen (secondary N) is 1. The van der Waals surface area contributed by atoms with Crippen LogP contribution in [0.5, 0.6) is 0 Å². The Labute approximate surface area is 147 Å². The molecule has 2 aliphatic heterocycles. The minimum absolute atomic E-state index is 0.0325. The predicted molar refractivity (Wildman–Crippen MR) is 88.0 cm³/mol. The summed E-state index contributed by atoms with van der Waals surface area (Å²) < 4.78 is 27.1. The van der Waals surface area contributed by atoms with Crippen LogP contribution in [0.4, 0.5) is 4.79 Å². The third kappa shape index (κ3) is 2.14. The van der Waals surface area contributed by atoms with Crippen molar-refractivity contribution in [1.82, 2.24) is 14.5 Å². The summed E-state index contributed by atoms with van der Waals surface area (Å²) in [5.41, 5.74) is -1.09. The molecule has 4 aliphatic rings. The number of urea groups is 1. The Morgan fingerprint density at radius 3 is 2.36 bits per heavy atom. The van der Waals surface area contributed by atoms with Gasteiger partial charge in [-0.1, -0.05) is 13.8 Å². The van der Waals surface area contributed by atoms with Crippen molar-refractivity contribution in [3.05, 3.63) is 0 Å². The number of nitrogens with zero attached hydrogens (tertiary/aromatic N) is 2. The average Bonchev–Trinajstić information content (AvgIpc) is 2.96. The van der Waals surface area contributed by atoms with Crippen LogP contribution >= 0.6 is 0 Å². The van der Waals surface area contributed by atoms with E-state index in [0.29, 0.717) is 12.8 Å². The first-order valence-corrected chi connectivity index (χ1v) is 10.3. The third-order valence-electron chi connectivity index (χ3n) is 7.03. The van der Waals surface area contributed by atoms with Crippen LogP contribution in [0.3, 0.4) is 0 Å². The van der Waals surface area contributed by atoms with Crippen LogP contribution in [0.2, 0.25) is 0 Å². The third-order valence-corrected chi connectivity index (χ3v) is 8.98. The summed E-state index contributed by atoms with van der Waals surface area (Å²) in [6, 6.07) is -0.873. The number of hydrogen-bond donors (Lipinski definition) is 1. The molecule has 4 rings (SSSR count). The molecule has 2 bridgehead atoms. The molecule has 2 saturated heterocycles. The van der Waals surface area contributed by atoms with Gasteiger partial charge in [0.2, 0.25) is 15.9 Å². The monoisotopic (exact) mass is 369 g/mol. The summed E-state index contributed by atoms with van der Waals surface area (Å²) in [5, 5.41) is 2.44. The smallest absolute Gasteiger partial charge is 0.324 e. The van der Waals surface area contributed by atoms with Crippen LogP contribution in [0.1, 0.15) is 33.1 Å². The van der Waals surface area contributed by atoms with E-state index in [1.54, 1.807) is 0 Å². The first-order valence-electron chi connectivity index (χ1n) is 8.69. The molecule has 2 saturated carbocycles. The van der Waals surface area contributed by atoms with Crippen molar-refractivity contribution in [3.8, 4) is 0 Å². The maximum Gasteiger partial charge on any atom is 0.324 e. The fraction of sp³-hybridized carbons (Fsp3) is 0.812. The molecule has 2 heterocycles. The molecule has 138 valence electrons. The maximum atomic E-state index is 12.9. The first kappa shape index (κ1) is 17.0. The molecule has 9 heteroatoms. The standard InChI is InChI=1S/C16H23N3O5S/c1-15(2)10-3-4-16(15,12(20)5-10)9-25(23,24)18-7-11(8-18)19-13(21)6-17-14(19)22/h10-11H,3-9H2,1-2H3,(H,17,22). The Bertz CT molecular complexity index is 755. The van der Waals surface area contributed by atoms with Gasteiger partial charge in [-0.2, -0.15) is 4.31 Å². The van der Waals surface area contributed by atoms with Crippen molar-refractivity contribution in [1.29, 1.82) is 0 Å². The number of ketones is 1. The molecule has 3 amide bonds. The Morgan fingerprint density at radius 2 is 1.88 bits per heavy atom.